The highest BCUT2D eigenvalue weighted by Crippen LogP contribution is 2.27. The van der Waals surface area contributed by atoms with Crippen LogP contribution < -0.4 is 0 Å². The normalized spacial score (nSPS) is 16.7. The summed E-state index contributed by atoms with van der Waals surface area (Å²) < 4.78 is 0. The number of hydrogen-bond acceptors (Lipinski definition) is 3. The van der Waals surface area contributed by atoms with Crippen molar-refractivity contribution < 1.29 is 19.8 Å². The monoisotopic (exact) mass is 334 g/mol. The Balaban J connectivity index is 2.42. The molecule has 134 valence electrons. The molecular weight excluding hydrogens is 304 g/mol. The number of hydrogen-bond donors (Lipinski definition) is 2. The molecule has 1 unspecified atom stereocenters. The van der Waals surface area contributed by atoms with Crippen molar-refractivity contribution in [3.05, 3.63) is 35.5 Å². The van der Waals surface area contributed by atoms with Gasteiger partial charge in [0, 0.05) is 12.0 Å². The van der Waals surface area contributed by atoms with Crippen LogP contribution in [0.2, 0.25) is 0 Å². The molecule has 0 saturated carbocycles. The summed E-state index contributed by atoms with van der Waals surface area (Å²) in [6.45, 7) is 2.20. The molecule has 2 N–H and O–H groups in total. The second-order valence-electron chi connectivity index (χ2n) is 6.29. The van der Waals surface area contributed by atoms with Crippen LogP contribution >= 0.6 is 0 Å². The van der Waals surface area contributed by atoms with E-state index in [-0.39, 0.29) is 12.2 Å². The quantitative estimate of drug-likeness (QED) is 0.411. The average molecular weight is 334 g/mol. The third-order valence-electron chi connectivity index (χ3n) is 4.27. The lowest BCUT2D eigenvalue weighted by Crippen LogP contribution is -2.18. The van der Waals surface area contributed by atoms with Gasteiger partial charge in [-0.2, -0.15) is 0 Å². The highest BCUT2D eigenvalue weighted by atomic mass is 16.4. The van der Waals surface area contributed by atoms with Gasteiger partial charge >= 0.3 is 5.97 Å². The van der Waals surface area contributed by atoms with Crippen LogP contribution in [0.3, 0.4) is 0 Å². The van der Waals surface area contributed by atoms with Crippen molar-refractivity contribution in [3.63, 3.8) is 0 Å². The third kappa shape index (κ3) is 7.73. The Morgan fingerprint density at radius 2 is 1.92 bits per heavy atom. The molecule has 1 atom stereocenters. The SMILES string of the molecule is CCCCCC/C=C/C1=C(C/C=C\CCC(O)C(=O)O)C(=O)CC1. The summed E-state index contributed by atoms with van der Waals surface area (Å²) in [5.41, 5.74) is 2.03. The first-order valence-corrected chi connectivity index (χ1v) is 9.03. The van der Waals surface area contributed by atoms with Gasteiger partial charge in [0.1, 0.15) is 0 Å². The minimum absolute atomic E-state index is 0.198. The Hall–Kier alpha value is -1.68. The largest absolute Gasteiger partial charge is 0.479 e. The summed E-state index contributed by atoms with van der Waals surface area (Å²) in [5.74, 6) is -0.973. The molecule has 0 saturated heterocycles. The van der Waals surface area contributed by atoms with E-state index in [2.05, 4.69) is 19.1 Å². The molecule has 0 spiro atoms. The molecule has 0 aliphatic heterocycles. The summed E-state index contributed by atoms with van der Waals surface area (Å²) in [6, 6.07) is 0. The maximum absolute atomic E-state index is 12.0. The molecule has 0 amide bonds. The van der Waals surface area contributed by atoms with E-state index < -0.39 is 12.1 Å². The maximum atomic E-state index is 12.0. The van der Waals surface area contributed by atoms with E-state index in [1.54, 1.807) is 0 Å². The van der Waals surface area contributed by atoms with Crippen molar-refractivity contribution in [2.45, 2.75) is 77.2 Å². The molecule has 0 heterocycles. The molecule has 0 aromatic heterocycles. The Bertz CT molecular complexity index is 500. The molecule has 0 radical (unpaired) electrons. The molecule has 0 aromatic carbocycles. The average Bonchev–Trinajstić information content (AvgIpc) is 2.90. The predicted molar refractivity (Wildman–Crippen MR) is 95.8 cm³/mol. The summed E-state index contributed by atoms with van der Waals surface area (Å²) in [5, 5.41) is 17.8. The number of aliphatic hydroxyl groups excluding tert-OH is 1. The van der Waals surface area contributed by atoms with Gasteiger partial charge in [0.05, 0.1) is 0 Å². The third-order valence-corrected chi connectivity index (χ3v) is 4.27. The molecule has 24 heavy (non-hydrogen) atoms. The molecule has 1 aliphatic carbocycles. The first-order valence-electron chi connectivity index (χ1n) is 9.03. The standard InChI is InChI=1S/C20H30O4/c1-2-3-4-5-6-8-11-16-14-15-18(21)17(16)12-9-7-10-13-19(22)20(23)24/h7-9,11,19,22H,2-6,10,12-15H2,1H3,(H,23,24)/b9-7-,11-8+. The summed E-state index contributed by atoms with van der Waals surface area (Å²) in [7, 11) is 0. The van der Waals surface area contributed by atoms with Gasteiger partial charge < -0.3 is 10.2 Å². The first-order chi connectivity index (χ1) is 11.6. The van der Waals surface area contributed by atoms with Crippen LogP contribution in [0.15, 0.2) is 35.5 Å². The molecular formula is C20H30O4. The van der Waals surface area contributed by atoms with Crippen LogP contribution in [0.4, 0.5) is 0 Å². The molecule has 1 aliphatic rings. The smallest absolute Gasteiger partial charge is 0.332 e. The number of carbonyl (C=O) groups is 2. The van der Waals surface area contributed by atoms with Crippen LogP contribution in [-0.2, 0) is 9.59 Å². The van der Waals surface area contributed by atoms with Crippen LogP contribution in [0.25, 0.3) is 0 Å². The number of rotatable bonds is 12. The number of carbonyl (C=O) groups excluding carboxylic acids is 1. The van der Waals surface area contributed by atoms with Crippen molar-refractivity contribution >= 4 is 11.8 Å². The van der Waals surface area contributed by atoms with Gasteiger partial charge in [0.2, 0.25) is 0 Å². The van der Waals surface area contributed by atoms with E-state index in [1.807, 2.05) is 12.2 Å². The zero-order valence-electron chi connectivity index (χ0n) is 14.7. The van der Waals surface area contributed by atoms with Crippen LogP contribution in [0.5, 0.6) is 0 Å². The number of carboxylic acids is 1. The van der Waals surface area contributed by atoms with Gasteiger partial charge in [-0.15, -0.1) is 0 Å². The second-order valence-corrected chi connectivity index (χ2v) is 6.29. The Kier molecular flexibility index (Phi) is 10.0. The van der Waals surface area contributed by atoms with E-state index in [0.717, 1.165) is 24.0 Å². The summed E-state index contributed by atoms with van der Waals surface area (Å²) in [6.07, 6.45) is 15.5. The van der Waals surface area contributed by atoms with E-state index in [4.69, 9.17) is 5.11 Å². The fourth-order valence-electron chi connectivity index (χ4n) is 2.77. The number of unbranched alkanes of at least 4 members (excludes halogenated alkanes) is 4. The molecule has 4 heteroatoms. The van der Waals surface area contributed by atoms with Crippen molar-refractivity contribution in [2.75, 3.05) is 0 Å². The fourth-order valence-corrected chi connectivity index (χ4v) is 2.77. The second kappa shape index (κ2) is 11.8. The zero-order valence-corrected chi connectivity index (χ0v) is 14.7. The molecule has 1 rings (SSSR count). The minimum Gasteiger partial charge on any atom is -0.479 e. The topological polar surface area (TPSA) is 74.6 Å². The first kappa shape index (κ1) is 20.4. The zero-order chi connectivity index (χ0) is 17.8. The lowest BCUT2D eigenvalue weighted by atomic mass is 10.0. The molecule has 0 bridgehead atoms. The fraction of sp³-hybridized carbons (Fsp3) is 0.600. The molecule has 0 aromatic rings. The summed E-state index contributed by atoms with van der Waals surface area (Å²) >= 11 is 0. The summed E-state index contributed by atoms with van der Waals surface area (Å²) in [4.78, 5) is 22.5. The highest BCUT2D eigenvalue weighted by Gasteiger charge is 2.19. The number of aliphatic hydroxyl groups is 1. The lowest BCUT2D eigenvalue weighted by molar-refractivity contribution is -0.146. The number of aliphatic carboxylic acids is 1. The maximum Gasteiger partial charge on any atom is 0.332 e. The van der Waals surface area contributed by atoms with Crippen molar-refractivity contribution in [1.82, 2.24) is 0 Å². The molecule has 0 fully saturated rings. The van der Waals surface area contributed by atoms with Gasteiger partial charge in [-0.3, -0.25) is 4.79 Å². The Labute approximate surface area is 145 Å². The van der Waals surface area contributed by atoms with Gasteiger partial charge in [-0.05, 0) is 44.1 Å². The number of ketones is 1. The van der Waals surface area contributed by atoms with Crippen LogP contribution in [0.1, 0.15) is 71.1 Å². The lowest BCUT2D eigenvalue weighted by Gasteiger charge is -2.02. The van der Waals surface area contributed by atoms with Crippen molar-refractivity contribution in [3.8, 4) is 0 Å². The number of Topliss-reactive ketones (excluding diaryl/α,β-unsaturated/α-hetero) is 1. The van der Waals surface area contributed by atoms with Gasteiger partial charge in [0.15, 0.2) is 11.9 Å². The minimum atomic E-state index is -1.31. The van der Waals surface area contributed by atoms with E-state index in [1.165, 1.54) is 25.7 Å². The number of carboxylic acid groups (broad SMARTS) is 1. The van der Waals surface area contributed by atoms with Gasteiger partial charge in [0.25, 0.3) is 0 Å². The van der Waals surface area contributed by atoms with Crippen molar-refractivity contribution in [1.29, 1.82) is 0 Å². The Morgan fingerprint density at radius 3 is 2.62 bits per heavy atom. The molecule has 4 nitrogen and oxygen atoms in total. The predicted octanol–water partition coefficient (Wildman–Crippen LogP) is 4.34. The van der Waals surface area contributed by atoms with Crippen molar-refractivity contribution in [2.24, 2.45) is 0 Å². The van der Waals surface area contributed by atoms with E-state index >= 15 is 0 Å². The van der Waals surface area contributed by atoms with Crippen LogP contribution in [-0.4, -0.2) is 28.1 Å². The van der Waals surface area contributed by atoms with Gasteiger partial charge in [-0.1, -0.05) is 50.5 Å². The van der Waals surface area contributed by atoms with Gasteiger partial charge in [-0.25, -0.2) is 4.79 Å². The Morgan fingerprint density at radius 1 is 1.12 bits per heavy atom. The van der Waals surface area contributed by atoms with E-state index in [9.17, 15) is 14.7 Å². The number of allylic oxidation sites excluding steroid dienone is 6. The van der Waals surface area contributed by atoms with Crippen LogP contribution in [0, 0.1) is 0 Å². The van der Waals surface area contributed by atoms with E-state index in [0.29, 0.717) is 19.3 Å². The highest BCUT2D eigenvalue weighted by molar-refractivity contribution is 5.99.